The molecule has 0 bridgehead atoms. The second-order valence-electron chi connectivity index (χ2n) is 2.20. The summed E-state index contributed by atoms with van der Waals surface area (Å²) in [4.78, 5) is 11.1. The summed E-state index contributed by atoms with van der Waals surface area (Å²) in [6.07, 6.45) is 7.35. The molecule has 58 valence electrons. The number of imidazole rings is 1. The van der Waals surface area contributed by atoms with E-state index in [2.05, 4.69) is 6.58 Å². The molecule has 0 spiro atoms. The highest BCUT2D eigenvalue weighted by Crippen LogP contribution is 1.88. The van der Waals surface area contributed by atoms with Gasteiger partial charge < -0.3 is 0 Å². The summed E-state index contributed by atoms with van der Waals surface area (Å²) in [5, 5.41) is 0. The van der Waals surface area contributed by atoms with Crippen LogP contribution in [0.3, 0.4) is 0 Å². The van der Waals surface area contributed by atoms with E-state index in [1.165, 1.54) is 0 Å². The Morgan fingerprint density at radius 3 is 3.00 bits per heavy atom. The van der Waals surface area contributed by atoms with Crippen molar-refractivity contribution in [2.45, 2.75) is 13.3 Å². The Kier molecular flexibility index (Phi) is 2.21. The summed E-state index contributed by atoms with van der Waals surface area (Å²) in [5.74, 6) is 0.0885. The van der Waals surface area contributed by atoms with Crippen LogP contribution < -0.4 is 4.57 Å². The van der Waals surface area contributed by atoms with Gasteiger partial charge in [0.2, 0.25) is 0 Å². The minimum Gasteiger partial charge on any atom is -0.246 e. The van der Waals surface area contributed by atoms with Crippen LogP contribution in [0, 0.1) is 0 Å². The first-order valence-electron chi connectivity index (χ1n) is 3.52. The lowest BCUT2D eigenvalue weighted by molar-refractivity contribution is -0.566. The maximum atomic E-state index is 11.1. The smallest absolute Gasteiger partial charge is 0.246 e. The Bertz CT molecular complexity index is 275. The summed E-state index contributed by atoms with van der Waals surface area (Å²) in [6, 6.07) is 0. The molecule has 1 heterocycles. The lowest BCUT2D eigenvalue weighted by Crippen LogP contribution is -2.22. The fourth-order valence-corrected chi connectivity index (χ4v) is 0.808. The summed E-state index contributed by atoms with van der Waals surface area (Å²) in [7, 11) is 0. The maximum absolute atomic E-state index is 11.1. The first-order valence-corrected chi connectivity index (χ1v) is 3.52. The molecule has 0 fully saturated rings. The van der Waals surface area contributed by atoms with Crippen LogP contribution in [0.25, 0.3) is 6.20 Å². The predicted molar refractivity (Wildman–Crippen MR) is 41.9 cm³/mol. The van der Waals surface area contributed by atoms with Crippen LogP contribution >= 0.6 is 0 Å². The molecule has 1 aromatic heterocycles. The average molecular weight is 151 g/mol. The third kappa shape index (κ3) is 1.55. The molecule has 0 saturated heterocycles. The molecule has 0 aliphatic rings. The summed E-state index contributed by atoms with van der Waals surface area (Å²) in [6.45, 7) is 5.40. The van der Waals surface area contributed by atoms with Gasteiger partial charge in [-0.2, -0.15) is 4.57 Å². The molecule has 3 nitrogen and oxygen atoms in total. The molecule has 3 heteroatoms. The third-order valence-corrected chi connectivity index (χ3v) is 1.46. The quantitative estimate of drug-likeness (QED) is 0.577. The minimum atomic E-state index is 0.0885. The van der Waals surface area contributed by atoms with Crippen LogP contribution in [-0.4, -0.2) is 10.5 Å². The van der Waals surface area contributed by atoms with E-state index in [1.807, 2.05) is 6.92 Å². The van der Waals surface area contributed by atoms with Crippen LogP contribution in [0.15, 0.2) is 25.3 Å². The van der Waals surface area contributed by atoms with Crippen molar-refractivity contribution in [2.75, 3.05) is 0 Å². The zero-order chi connectivity index (χ0) is 8.27. The lowest BCUT2D eigenvalue weighted by Gasteiger charge is -1.85. The molecule has 0 aliphatic carbocycles. The van der Waals surface area contributed by atoms with Gasteiger partial charge in [0.05, 0.1) is 6.20 Å². The lowest BCUT2D eigenvalue weighted by atomic mass is 10.4. The van der Waals surface area contributed by atoms with Gasteiger partial charge in [0, 0.05) is 6.42 Å². The molecule has 1 rings (SSSR count). The molecular weight excluding hydrogens is 140 g/mol. The Labute approximate surface area is 65.6 Å². The number of aromatic nitrogens is 2. The van der Waals surface area contributed by atoms with Crippen LogP contribution in [-0.2, 0) is 0 Å². The normalized spacial score (nSPS) is 9.55. The highest BCUT2D eigenvalue weighted by atomic mass is 16.2. The maximum Gasteiger partial charge on any atom is 0.313 e. The Morgan fingerprint density at radius 1 is 1.82 bits per heavy atom. The number of carbonyl (C=O) groups is 1. The summed E-state index contributed by atoms with van der Waals surface area (Å²) < 4.78 is 3.27. The molecule has 0 aliphatic heterocycles. The van der Waals surface area contributed by atoms with E-state index < -0.39 is 0 Å². The van der Waals surface area contributed by atoms with Crippen molar-refractivity contribution < 1.29 is 9.36 Å². The minimum absolute atomic E-state index is 0.0885. The molecule has 11 heavy (non-hydrogen) atoms. The number of carbonyl (C=O) groups excluding carboxylic acids is 1. The van der Waals surface area contributed by atoms with E-state index in [9.17, 15) is 4.79 Å². The van der Waals surface area contributed by atoms with Gasteiger partial charge in [0.25, 0.3) is 6.33 Å². The van der Waals surface area contributed by atoms with Crippen molar-refractivity contribution in [3.05, 3.63) is 25.3 Å². The zero-order valence-electron chi connectivity index (χ0n) is 6.53. The monoisotopic (exact) mass is 151 g/mol. The van der Waals surface area contributed by atoms with E-state index in [0.717, 1.165) is 0 Å². The topological polar surface area (TPSA) is 25.9 Å². The van der Waals surface area contributed by atoms with Crippen molar-refractivity contribution in [2.24, 2.45) is 0 Å². The number of hydrogen-bond donors (Lipinski definition) is 0. The van der Waals surface area contributed by atoms with Crippen LogP contribution in [0.4, 0.5) is 0 Å². The van der Waals surface area contributed by atoms with E-state index in [-0.39, 0.29) is 5.91 Å². The van der Waals surface area contributed by atoms with Gasteiger partial charge in [-0.3, -0.25) is 0 Å². The second kappa shape index (κ2) is 3.14. The molecule has 0 N–H and O–H groups in total. The standard InChI is InChI=1S/C8H11N2O/c1-3-8(11)10-6-5-9(4-2)7-10/h4-7H,2-3H2,1H3/q+1. The van der Waals surface area contributed by atoms with Crippen molar-refractivity contribution in [3.8, 4) is 0 Å². The number of nitrogens with zero attached hydrogens (tertiary/aromatic N) is 2. The molecule has 0 aromatic carbocycles. The average Bonchev–Trinajstić information content (AvgIpc) is 2.50. The van der Waals surface area contributed by atoms with Crippen molar-refractivity contribution in [1.29, 1.82) is 0 Å². The Balaban J connectivity index is 2.88. The molecule has 0 unspecified atom stereocenters. The highest BCUT2D eigenvalue weighted by molar-refractivity contribution is 5.77. The van der Waals surface area contributed by atoms with Crippen LogP contribution in [0.5, 0.6) is 0 Å². The van der Waals surface area contributed by atoms with E-state index in [4.69, 9.17) is 0 Å². The van der Waals surface area contributed by atoms with Gasteiger partial charge in [-0.05, 0) is 0 Å². The van der Waals surface area contributed by atoms with Crippen molar-refractivity contribution in [1.82, 2.24) is 4.57 Å². The largest absolute Gasteiger partial charge is 0.313 e. The summed E-state index contributed by atoms with van der Waals surface area (Å²) in [5.41, 5.74) is 0. The molecule has 0 saturated carbocycles. The van der Waals surface area contributed by atoms with E-state index >= 15 is 0 Å². The first-order chi connectivity index (χ1) is 5.27. The Morgan fingerprint density at radius 2 is 2.55 bits per heavy atom. The molecule has 0 radical (unpaired) electrons. The van der Waals surface area contributed by atoms with Crippen molar-refractivity contribution in [3.63, 3.8) is 0 Å². The molecule has 0 amide bonds. The zero-order valence-corrected chi connectivity index (χ0v) is 6.53. The van der Waals surface area contributed by atoms with Gasteiger partial charge in [-0.15, -0.1) is 0 Å². The second-order valence-corrected chi connectivity index (χ2v) is 2.20. The number of rotatable bonds is 2. The third-order valence-electron chi connectivity index (χ3n) is 1.46. The SMILES string of the molecule is C=C[n+]1ccn(C(=O)CC)c1. The molecule has 1 aromatic rings. The molecule has 0 atom stereocenters. The van der Waals surface area contributed by atoms with Gasteiger partial charge >= 0.3 is 5.91 Å². The van der Waals surface area contributed by atoms with Gasteiger partial charge in [0.1, 0.15) is 12.4 Å². The van der Waals surface area contributed by atoms with Gasteiger partial charge in [-0.25, -0.2) is 9.36 Å². The van der Waals surface area contributed by atoms with Crippen LogP contribution in [0.1, 0.15) is 18.1 Å². The van der Waals surface area contributed by atoms with E-state index in [0.29, 0.717) is 6.42 Å². The Hall–Kier alpha value is -1.38. The predicted octanol–water partition coefficient (Wildman–Crippen LogP) is 0.926. The molecular formula is C8H11N2O+. The first kappa shape index (κ1) is 7.72. The fraction of sp³-hybridized carbons (Fsp3) is 0.250. The number of hydrogen-bond acceptors (Lipinski definition) is 1. The fourth-order valence-electron chi connectivity index (χ4n) is 0.808. The van der Waals surface area contributed by atoms with Gasteiger partial charge in [-0.1, -0.05) is 13.5 Å². The van der Waals surface area contributed by atoms with Crippen molar-refractivity contribution >= 4 is 12.1 Å². The van der Waals surface area contributed by atoms with Crippen LogP contribution in [0.2, 0.25) is 0 Å². The highest BCUT2D eigenvalue weighted by Gasteiger charge is 2.07. The van der Waals surface area contributed by atoms with Gasteiger partial charge in [0.15, 0.2) is 0 Å². The van der Waals surface area contributed by atoms with E-state index in [1.54, 1.807) is 34.1 Å². The summed E-state index contributed by atoms with van der Waals surface area (Å²) >= 11 is 0.